The van der Waals surface area contributed by atoms with Crippen LogP contribution < -0.4 is 5.46 Å². The highest BCUT2D eigenvalue weighted by Gasteiger charge is 2.52. The van der Waals surface area contributed by atoms with Crippen molar-refractivity contribution in [1.82, 2.24) is 0 Å². The summed E-state index contributed by atoms with van der Waals surface area (Å²) in [7, 11) is -0.351. The monoisotopic (exact) mass is 284 g/mol. The summed E-state index contributed by atoms with van der Waals surface area (Å²) in [4.78, 5) is 1.03. The molecule has 1 aliphatic heterocycles. The van der Waals surface area contributed by atoms with Crippen molar-refractivity contribution in [2.45, 2.75) is 43.8 Å². The molecule has 1 fully saturated rings. The van der Waals surface area contributed by atoms with Crippen molar-refractivity contribution in [3.63, 3.8) is 0 Å². The molecule has 0 aliphatic carbocycles. The minimum atomic E-state index is -0.351. The van der Waals surface area contributed by atoms with Gasteiger partial charge in [0.25, 0.3) is 0 Å². The second kappa shape index (κ2) is 4.75. The third-order valence-corrected chi connectivity index (χ3v) is 5.00. The maximum absolute atomic E-state index is 6.22. The molecule has 0 unspecified atom stereocenters. The van der Waals surface area contributed by atoms with E-state index in [1.165, 1.54) is 0 Å². The number of rotatable bonds is 2. The Kier molecular flexibility index (Phi) is 3.76. The van der Waals surface area contributed by atoms with Gasteiger partial charge in [-0.05, 0) is 45.5 Å². The highest BCUT2D eigenvalue weighted by Crippen LogP contribution is 2.37. The standard InChI is InChI=1S/C13H18BClO2S/c1-12(2)13(3,4)17-14(16-12)9-7-6-8-10(15)11(9)18-5/h6-8H,1-5H3. The highest BCUT2D eigenvalue weighted by molar-refractivity contribution is 7.99. The topological polar surface area (TPSA) is 18.5 Å². The van der Waals surface area contributed by atoms with Crippen LogP contribution in [0.2, 0.25) is 5.02 Å². The molecule has 2 rings (SSSR count). The van der Waals surface area contributed by atoms with E-state index in [9.17, 15) is 0 Å². The predicted molar refractivity (Wildman–Crippen MR) is 78.9 cm³/mol. The lowest BCUT2D eigenvalue weighted by Gasteiger charge is -2.32. The minimum absolute atomic E-state index is 0.324. The van der Waals surface area contributed by atoms with E-state index in [-0.39, 0.29) is 18.3 Å². The van der Waals surface area contributed by atoms with Crippen molar-refractivity contribution >= 4 is 35.9 Å². The fourth-order valence-corrected chi connectivity index (χ4v) is 2.97. The van der Waals surface area contributed by atoms with Crippen molar-refractivity contribution in [3.8, 4) is 0 Å². The van der Waals surface area contributed by atoms with Crippen LogP contribution in [0.25, 0.3) is 0 Å². The van der Waals surface area contributed by atoms with E-state index >= 15 is 0 Å². The Morgan fingerprint density at radius 2 is 1.67 bits per heavy atom. The zero-order valence-electron chi connectivity index (χ0n) is 11.4. The molecule has 5 heteroatoms. The molecule has 0 radical (unpaired) electrons. The van der Waals surface area contributed by atoms with Gasteiger partial charge in [0, 0.05) is 4.90 Å². The predicted octanol–water partition coefficient (Wildman–Crippen LogP) is 3.36. The van der Waals surface area contributed by atoms with E-state index in [2.05, 4.69) is 27.7 Å². The van der Waals surface area contributed by atoms with Gasteiger partial charge in [-0.2, -0.15) is 0 Å². The normalized spacial score (nSPS) is 21.3. The van der Waals surface area contributed by atoms with Gasteiger partial charge in [0.05, 0.1) is 16.2 Å². The van der Waals surface area contributed by atoms with E-state index in [4.69, 9.17) is 20.9 Å². The summed E-state index contributed by atoms with van der Waals surface area (Å²) in [5.74, 6) is 0. The number of halogens is 1. The van der Waals surface area contributed by atoms with Crippen molar-refractivity contribution in [3.05, 3.63) is 23.2 Å². The molecule has 0 bridgehead atoms. The van der Waals surface area contributed by atoms with Crippen LogP contribution in [0, 0.1) is 0 Å². The van der Waals surface area contributed by atoms with E-state index in [1.54, 1.807) is 11.8 Å². The smallest absolute Gasteiger partial charge is 0.399 e. The van der Waals surface area contributed by atoms with Crippen molar-refractivity contribution in [2.24, 2.45) is 0 Å². The van der Waals surface area contributed by atoms with Gasteiger partial charge in [0.1, 0.15) is 0 Å². The molecule has 1 saturated heterocycles. The molecule has 1 aliphatic rings. The van der Waals surface area contributed by atoms with E-state index in [0.717, 1.165) is 15.4 Å². The Hall–Kier alpha value is -0.155. The van der Waals surface area contributed by atoms with Crippen molar-refractivity contribution in [1.29, 1.82) is 0 Å². The SMILES string of the molecule is CSc1c(Cl)cccc1B1OC(C)(C)C(C)(C)O1. The fraction of sp³-hybridized carbons (Fsp3) is 0.538. The van der Waals surface area contributed by atoms with E-state index < -0.39 is 0 Å². The van der Waals surface area contributed by atoms with Gasteiger partial charge in [-0.3, -0.25) is 0 Å². The molecule has 2 nitrogen and oxygen atoms in total. The average Bonchev–Trinajstić information content (AvgIpc) is 2.47. The Bertz CT molecular complexity index is 446. The lowest BCUT2D eigenvalue weighted by Crippen LogP contribution is -2.41. The molecule has 0 saturated carbocycles. The first-order chi connectivity index (χ1) is 8.28. The van der Waals surface area contributed by atoms with Gasteiger partial charge in [-0.15, -0.1) is 11.8 Å². The van der Waals surface area contributed by atoms with Gasteiger partial charge in [0.15, 0.2) is 0 Å². The minimum Gasteiger partial charge on any atom is -0.399 e. The molecular formula is C13H18BClO2S. The van der Waals surface area contributed by atoms with Crippen LogP contribution in [-0.2, 0) is 9.31 Å². The van der Waals surface area contributed by atoms with Crippen LogP contribution in [0.4, 0.5) is 0 Å². The summed E-state index contributed by atoms with van der Waals surface area (Å²) in [5.41, 5.74) is 0.361. The van der Waals surface area contributed by atoms with Gasteiger partial charge in [0.2, 0.25) is 0 Å². The van der Waals surface area contributed by atoms with Crippen LogP contribution >= 0.6 is 23.4 Å². The summed E-state index contributed by atoms with van der Waals surface area (Å²) in [6.07, 6.45) is 2.01. The molecular weight excluding hydrogens is 266 g/mol. The number of benzene rings is 1. The Morgan fingerprint density at radius 3 is 2.17 bits per heavy atom. The summed E-state index contributed by atoms with van der Waals surface area (Å²) < 4.78 is 12.1. The van der Waals surface area contributed by atoms with Crippen LogP contribution in [-0.4, -0.2) is 24.6 Å². The first kappa shape index (κ1) is 14.3. The summed E-state index contributed by atoms with van der Waals surface area (Å²) >= 11 is 7.84. The maximum atomic E-state index is 6.22. The quantitative estimate of drug-likeness (QED) is 0.613. The molecule has 1 aromatic rings. The Balaban J connectivity index is 2.38. The van der Waals surface area contributed by atoms with Crippen LogP contribution in [0.3, 0.4) is 0 Å². The fourth-order valence-electron chi connectivity index (χ4n) is 1.90. The van der Waals surface area contributed by atoms with Gasteiger partial charge >= 0.3 is 7.12 Å². The number of hydrogen-bond donors (Lipinski definition) is 0. The molecule has 1 aromatic carbocycles. The summed E-state index contributed by atoms with van der Waals surface area (Å²) in [6, 6.07) is 5.84. The first-order valence-corrected chi connectivity index (χ1v) is 7.57. The lowest BCUT2D eigenvalue weighted by molar-refractivity contribution is 0.00578. The third kappa shape index (κ3) is 2.31. The van der Waals surface area contributed by atoms with Gasteiger partial charge in [-0.1, -0.05) is 23.7 Å². The molecule has 98 valence electrons. The summed E-state index contributed by atoms with van der Waals surface area (Å²) in [6.45, 7) is 8.21. The second-order valence-electron chi connectivity index (χ2n) is 5.45. The van der Waals surface area contributed by atoms with Gasteiger partial charge in [-0.25, -0.2) is 0 Å². The molecule has 0 aromatic heterocycles. The summed E-state index contributed by atoms with van der Waals surface area (Å²) in [5, 5.41) is 0.745. The molecule has 0 amide bonds. The van der Waals surface area contributed by atoms with Crippen LogP contribution in [0.15, 0.2) is 23.1 Å². The van der Waals surface area contributed by atoms with E-state index in [0.29, 0.717) is 0 Å². The van der Waals surface area contributed by atoms with Crippen LogP contribution in [0.5, 0.6) is 0 Å². The molecule has 0 spiro atoms. The van der Waals surface area contributed by atoms with Crippen molar-refractivity contribution < 1.29 is 9.31 Å². The molecule has 0 atom stereocenters. The third-order valence-electron chi connectivity index (χ3n) is 3.71. The molecule has 18 heavy (non-hydrogen) atoms. The Morgan fingerprint density at radius 1 is 1.11 bits per heavy atom. The van der Waals surface area contributed by atoms with Crippen molar-refractivity contribution in [2.75, 3.05) is 6.26 Å². The zero-order chi connectivity index (χ0) is 13.6. The highest BCUT2D eigenvalue weighted by atomic mass is 35.5. The maximum Gasteiger partial charge on any atom is 0.496 e. The largest absolute Gasteiger partial charge is 0.496 e. The average molecular weight is 285 g/mol. The first-order valence-electron chi connectivity index (χ1n) is 5.96. The zero-order valence-corrected chi connectivity index (χ0v) is 13.0. The van der Waals surface area contributed by atoms with Crippen LogP contribution in [0.1, 0.15) is 27.7 Å². The molecule has 0 N–H and O–H groups in total. The Labute approximate surface area is 119 Å². The number of thioether (sulfide) groups is 1. The number of hydrogen-bond acceptors (Lipinski definition) is 3. The molecule has 1 heterocycles. The second-order valence-corrected chi connectivity index (χ2v) is 6.67. The van der Waals surface area contributed by atoms with Gasteiger partial charge < -0.3 is 9.31 Å². The van der Waals surface area contributed by atoms with E-state index in [1.807, 2.05) is 24.5 Å². The lowest BCUT2D eigenvalue weighted by atomic mass is 9.79.